The van der Waals surface area contributed by atoms with E-state index in [9.17, 15) is 19.2 Å². The number of hydrogen-bond acceptors (Lipinski definition) is 11. The lowest BCUT2D eigenvalue weighted by molar-refractivity contribution is -0.166. The Labute approximate surface area is 169 Å². The minimum atomic E-state index is -1.12. The topological polar surface area (TPSA) is 161 Å². The summed E-state index contributed by atoms with van der Waals surface area (Å²) in [4.78, 5) is 56.9. The van der Waals surface area contributed by atoms with Crippen molar-refractivity contribution in [1.82, 2.24) is 19.5 Å². The van der Waals surface area contributed by atoms with Gasteiger partial charge in [0.2, 0.25) is 5.88 Å². The maximum Gasteiger partial charge on any atom is 0.349 e. The molecule has 1 aliphatic heterocycles. The first kappa shape index (κ1) is 21.2. The standard InChI is InChI=1S/C17H20N4O9/c1-7(22)27-5-10-12(28-8(2)23)13(29-9(3)24)16(30-10)21-6-18-11-14(21)19-17(25)20-15(11)26-4/h6,10,12-13,16H,5H2,1-4H3,(H,19,20,25)/t10-,12-,13+,16-/m1/s1. The van der Waals surface area contributed by atoms with Crippen molar-refractivity contribution < 1.29 is 38.1 Å². The van der Waals surface area contributed by atoms with E-state index >= 15 is 0 Å². The van der Waals surface area contributed by atoms with Gasteiger partial charge in [-0.15, -0.1) is 0 Å². The number of esters is 3. The van der Waals surface area contributed by atoms with Gasteiger partial charge in [0.15, 0.2) is 24.0 Å². The number of carbonyl (C=O) groups is 3. The van der Waals surface area contributed by atoms with Crippen LogP contribution < -0.4 is 10.4 Å². The minimum Gasteiger partial charge on any atom is -0.479 e. The molecule has 0 radical (unpaired) electrons. The van der Waals surface area contributed by atoms with Gasteiger partial charge in [-0.05, 0) is 0 Å². The highest BCUT2D eigenvalue weighted by Gasteiger charge is 2.51. The molecule has 0 unspecified atom stereocenters. The van der Waals surface area contributed by atoms with Gasteiger partial charge in [0, 0.05) is 20.8 Å². The zero-order valence-corrected chi connectivity index (χ0v) is 16.6. The SMILES string of the molecule is COc1nc(=O)[nH]c2c1ncn2[C@@H]1O[C@H](COC(C)=O)[C@@H](OC(C)=O)[C@@H]1OC(C)=O. The van der Waals surface area contributed by atoms with Crippen LogP contribution in [0, 0.1) is 0 Å². The molecule has 3 heterocycles. The molecule has 13 nitrogen and oxygen atoms in total. The fourth-order valence-electron chi connectivity index (χ4n) is 3.17. The predicted molar refractivity (Wildman–Crippen MR) is 96.4 cm³/mol. The normalized spacial score (nSPS) is 23.2. The highest BCUT2D eigenvalue weighted by molar-refractivity contribution is 5.76. The van der Waals surface area contributed by atoms with Crippen molar-refractivity contribution in [3.63, 3.8) is 0 Å². The van der Waals surface area contributed by atoms with E-state index in [4.69, 9.17) is 23.7 Å². The van der Waals surface area contributed by atoms with E-state index in [0.717, 1.165) is 0 Å². The number of nitrogens with one attached hydrogen (secondary N) is 1. The van der Waals surface area contributed by atoms with E-state index in [2.05, 4.69) is 15.0 Å². The summed E-state index contributed by atoms with van der Waals surface area (Å²) in [6.07, 6.45) is -2.88. The van der Waals surface area contributed by atoms with Gasteiger partial charge in [-0.2, -0.15) is 4.98 Å². The van der Waals surface area contributed by atoms with E-state index in [0.29, 0.717) is 0 Å². The van der Waals surface area contributed by atoms with Gasteiger partial charge >= 0.3 is 23.6 Å². The van der Waals surface area contributed by atoms with Crippen LogP contribution in [0.5, 0.6) is 5.88 Å². The Morgan fingerprint density at radius 3 is 2.40 bits per heavy atom. The van der Waals surface area contributed by atoms with Crippen molar-refractivity contribution in [3.05, 3.63) is 16.8 Å². The first-order valence-corrected chi connectivity index (χ1v) is 8.85. The summed E-state index contributed by atoms with van der Waals surface area (Å²) in [5.41, 5.74) is -0.283. The maximum atomic E-state index is 11.9. The van der Waals surface area contributed by atoms with Gasteiger partial charge in [-0.3, -0.25) is 23.9 Å². The highest BCUT2D eigenvalue weighted by Crippen LogP contribution is 2.36. The second kappa shape index (κ2) is 8.49. The molecular weight excluding hydrogens is 404 g/mol. The first-order chi connectivity index (χ1) is 14.2. The number of H-pyrrole nitrogens is 1. The smallest absolute Gasteiger partial charge is 0.349 e. The second-order valence-electron chi connectivity index (χ2n) is 6.42. The third kappa shape index (κ3) is 4.25. The van der Waals surface area contributed by atoms with E-state index in [1.807, 2.05) is 0 Å². The van der Waals surface area contributed by atoms with Crippen molar-refractivity contribution in [2.45, 2.75) is 45.3 Å². The molecule has 4 atom stereocenters. The van der Waals surface area contributed by atoms with E-state index in [1.54, 1.807) is 0 Å². The molecular formula is C17H20N4O9. The molecule has 13 heteroatoms. The number of methoxy groups -OCH3 is 1. The molecule has 1 aliphatic rings. The lowest BCUT2D eigenvalue weighted by Gasteiger charge is -2.23. The van der Waals surface area contributed by atoms with Crippen LogP contribution in [-0.4, -0.2) is 69.5 Å². The summed E-state index contributed by atoms with van der Waals surface area (Å²) in [5, 5.41) is 0. The zero-order valence-electron chi connectivity index (χ0n) is 16.6. The van der Waals surface area contributed by atoms with Crippen LogP contribution in [0.2, 0.25) is 0 Å². The summed E-state index contributed by atoms with van der Waals surface area (Å²) in [7, 11) is 1.33. The van der Waals surface area contributed by atoms with Crippen LogP contribution in [0.15, 0.2) is 11.1 Å². The second-order valence-corrected chi connectivity index (χ2v) is 6.42. The number of hydrogen-bond donors (Lipinski definition) is 1. The Kier molecular flexibility index (Phi) is 6.01. The maximum absolute atomic E-state index is 11.9. The molecule has 162 valence electrons. The number of fused-ring (bicyclic) bond motifs is 1. The Hall–Kier alpha value is -3.48. The highest BCUT2D eigenvalue weighted by atomic mass is 16.7. The number of carbonyl (C=O) groups excluding carboxylic acids is 3. The molecule has 1 N–H and O–H groups in total. The lowest BCUT2D eigenvalue weighted by Crippen LogP contribution is -2.40. The summed E-state index contributed by atoms with van der Waals surface area (Å²) >= 11 is 0. The molecule has 0 bridgehead atoms. The molecule has 1 saturated heterocycles. The monoisotopic (exact) mass is 424 g/mol. The molecule has 2 aromatic rings. The van der Waals surface area contributed by atoms with Crippen molar-refractivity contribution in [2.75, 3.05) is 13.7 Å². The van der Waals surface area contributed by atoms with Gasteiger partial charge in [0.1, 0.15) is 18.4 Å². The van der Waals surface area contributed by atoms with Crippen molar-refractivity contribution in [1.29, 1.82) is 0 Å². The molecule has 2 aromatic heterocycles. The summed E-state index contributed by atoms with van der Waals surface area (Å²) in [5.74, 6) is -1.89. The van der Waals surface area contributed by atoms with Gasteiger partial charge in [-0.25, -0.2) is 9.78 Å². The number of aromatic nitrogens is 4. The first-order valence-electron chi connectivity index (χ1n) is 8.85. The van der Waals surface area contributed by atoms with Crippen molar-refractivity contribution in [2.24, 2.45) is 0 Å². The quantitative estimate of drug-likeness (QED) is 0.468. The molecule has 3 rings (SSSR count). The minimum absolute atomic E-state index is 0.0115. The molecule has 0 spiro atoms. The fourth-order valence-corrected chi connectivity index (χ4v) is 3.17. The van der Waals surface area contributed by atoms with Gasteiger partial charge in [-0.1, -0.05) is 0 Å². The summed E-state index contributed by atoms with van der Waals surface area (Å²) in [6.45, 7) is 3.32. The fraction of sp³-hybridized carbons (Fsp3) is 0.529. The lowest BCUT2D eigenvalue weighted by atomic mass is 10.1. The number of ether oxygens (including phenoxy) is 5. The average molecular weight is 424 g/mol. The average Bonchev–Trinajstić information content (AvgIpc) is 3.20. The summed E-state index contributed by atoms with van der Waals surface area (Å²) < 4.78 is 28.0. The number of aromatic amines is 1. The molecule has 0 aliphatic carbocycles. The number of nitrogens with zero attached hydrogens (tertiary/aromatic N) is 3. The van der Waals surface area contributed by atoms with E-state index in [-0.39, 0.29) is 23.7 Å². The molecule has 0 saturated carbocycles. The Morgan fingerprint density at radius 2 is 1.80 bits per heavy atom. The molecule has 1 fully saturated rings. The van der Waals surface area contributed by atoms with Crippen LogP contribution in [-0.2, 0) is 33.3 Å². The van der Waals surface area contributed by atoms with E-state index in [1.165, 1.54) is 38.8 Å². The molecule has 0 amide bonds. The van der Waals surface area contributed by atoms with Crippen LogP contribution in [0.3, 0.4) is 0 Å². The summed E-state index contributed by atoms with van der Waals surface area (Å²) in [6, 6.07) is 0. The van der Waals surface area contributed by atoms with Crippen LogP contribution in [0.4, 0.5) is 0 Å². The largest absolute Gasteiger partial charge is 0.479 e. The number of imidazole rings is 1. The molecule has 30 heavy (non-hydrogen) atoms. The van der Waals surface area contributed by atoms with Crippen molar-refractivity contribution in [3.8, 4) is 5.88 Å². The Balaban J connectivity index is 2.07. The van der Waals surface area contributed by atoms with Gasteiger partial charge in [0.25, 0.3) is 0 Å². The van der Waals surface area contributed by atoms with Crippen LogP contribution in [0.1, 0.15) is 27.0 Å². The van der Waals surface area contributed by atoms with Gasteiger partial charge < -0.3 is 23.7 Å². The van der Waals surface area contributed by atoms with Gasteiger partial charge in [0.05, 0.1) is 13.4 Å². The third-order valence-electron chi connectivity index (χ3n) is 4.23. The predicted octanol–water partition coefficient (Wildman–Crippen LogP) is -0.548. The molecule has 0 aromatic carbocycles. The van der Waals surface area contributed by atoms with Crippen LogP contribution >= 0.6 is 0 Å². The Morgan fingerprint density at radius 1 is 1.13 bits per heavy atom. The van der Waals surface area contributed by atoms with Crippen molar-refractivity contribution >= 4 is 29.1 Å². The number of rotatable bonds is 6. The zero-order chi connectivity index (χ0) is 22.0. The van der Waals surface area contributed by atoms with E-state index < -0.39 is 48.1 Å². The van der Waals surface area contributed by atoms with Crippen LogP contribution in [0.25, 0.3) is 11.2 Å². The Bertz CT molecular complexity index is 1030. The third-order valence-corrected chi connectivity index (χ3v) is 4.23.